The van der Waals surface area contributed by atoms with Crippen LogP contribution in [0.4, 0.5) is 26.3 Å². The third kappa shape index (κ3) is 9.89. The average Bonchev–Trinajstić information content (AvgIpc) is 3.27. The van der Waals surface area contributed by atoms with Crippen LogP contribution in [-0.4, -0.2) is 125 Å². The molecule has 0 aromatic carbocycles. The maximum Gasteiger partial charge on any atom is 0.490 e. The fourth-order valence-electron chi connectivity index (χ4n) is 4.53. The van der Waals surface area contributed by atoms with Crippen LogP contribution >= 0.6 is 0 Å². The number of piperazine rings is 1. The number of halogens is 6. The number of likely N-dealkylation sites (N-methyl/N-ethyl adjacent to an activating group) is 1. The predicted molar refractivity (Wildman–Crippen MR) is 128 cm³/mol. The van der Waals surface area contributed by atoms with Crippen molar-refractivity contribution in [3.8, 4) is 0 Å². The Balaban J connectivity index is 0.000000333. The standard InChI is InChI=1S/C20H30N4O2.2C2HF3O2/c1-16-4-3-5-18(21-16)19(25)24-8-6-20(7-9-24)14-17(15-26-20)23-12-10-22(2)11-13-23;2*3-2(4,5)1(6)7/h3-5,17H,6-15H2,1-2H3;2*(H,6,7). The van der Waals surface area contributed by atoms with Crippen LogP contribution in [-0.2, 0) is 14.3 Å². The van der Waals surface area contributed by atoms with Crippen LogP contribution in [0.5, 0.6) is 0 Å². The van der Waals surface area contributed by atoms with E-state index in [2.05, 4.69) is 21.8 Å². The minimum atomic E-state index is -5.08. The fourth-order valence-corrected chi connectivity index (χ4v) is 4.53. The highest BCUT2D eigenvalue weighted by Crippen LogP contribution is 2.38. The molecule has 1 amide bonds. The Labute approximate surface area is 226 Å². The van der Waals surface area contributed by atoms with Crippen LogP contribution in [0.3, 0.4) is 0 Å². The van der Waals surface area contributed by atoms with Gasteiger partial charge in [0, 0.05) is 51.0 Å². The number of carbonyl (C=O) groups excluding carboxylic acids is 1. The summed E-state index contributed by atoms with van der Waals surface area (Å²) < 4.78 is 69.8. The molecule has 4 heterocycles. The van der Waals surface area contributed by atoms with Crippen molar-refractivity contribution in [3.05, 3.63) is 29.6 Å². The molecule has 226 valence electrons. The number of amides is 1. The Morgan fingerprint density at radius 3 is 1.88 bits per heavy atom. The average molecular weight is 587 g/mol. The molecule has 3 aliphatic heterocycles. The molecule has 0 aliphatic carbocycles. The number of aromatic nitrogens is 1. The molecule has 3 aliphatic rings. The number of carboxylic acids is 2. The molecule has 0 bridgehead atoms. The summed E-state index contributed by atoms with van der Waals surface area (Å²) in [6.45, 7) is 8.89. The number of aryl methyl sites for hydroxylation is 1. The number of hydrogen-bond donors (Lipinski definition) is 2. The van der Waals surface area contributed by atoms with Crippen molar-refractivity contribution in [3.63, 3.8) is 0 Å². The molecule has 10 nitrogen and oxygen atoms in total. The van der Waals surface area contributed by atoms with Gasteiger partial charge in [0.05, 0.1) is 12.2 Å². The molecular formula is C24H32F6N4O6. The van der Waals surface area contributed by atoms with Gasteiger partial charge in [-0.3, -0.25) is 9.69 Å². The zero-order chi connectivity index (χ0) is 30.3. The molecule has 1 aromatic heterocycles. The minimum absolute atomic E-state index is 0.0230. The highest BCUT2D eigenvalue weighted by Gasteiger charge is 2.45. The van der Waals surface area contributed by atoms with Gasteiger partial charge in [0.25, 0.3) is 5.91 Å². The number of carbonyl (C=O) groups is 3. The number of likely N-dealkylation sites (tertiary alicyclic amines) is 1. The summed E-state index contributed by atoms with van der Waals surface area (Å²) in [5, 5.41) is 14.2. The summed E-state index contributed by atoms with van der Waals surface area (Å²) in [5.41, 5.74) is 1.42. The van der Waals surface area contributed by atoms with E-state index >= 15 is 0 Å². The first-order chi connectivity index (χ1) is 18.4. The van der Waals surface area contributed by atoms with Gasteiger partial charge in [0.2, 0.25) is 0 Å². The molecule has 0 saturated carbocycles. The summed E-state index contributed by atoms with van der Waals surface area (Å²) in [6.07, 6.45) is -7.18. The van der Waals surface area contributed by atoms with Crippen molar-refractivity contribution in [2.24, 2.45) is 0 Å². The third-order valence-electron chi connectivity index (χ3n) is 6.80. The predicted octanol–water partition coefficient (Wildman–Crippen LogP) is 2.67. The van der Waals surface area contributed by atoms with Crippen LogP contribution in [0.15, 0.2) is 18.2 Å². The maximum absolute atomic E-state index is 12.7. The summed E-state index contributed by atoms with van der Waals surface area (Å²) in [4.78, 5) is 41.8. The van der Waals surface area contributed by atoms with Crippen LogP contribution in [0, 0.1) is 6.92 Å². The highest BCUT2D eigenvalue weighted by molar-refractivity contribution is 5.92. The van der Waals surface area contributed by atoms with Gasteiger partial charge >= 0.3 is 24.3 Å². The molecule has 3 saturated heterocycles. The van der Waals surface area contributed by atoms with E-state index in [-0.39, 0.29) is 11.5 Å². The maximum atomic E-state index is 12.7. The van der Waals surface area contributed by atoms with Gasteiger partial charge in [-0.15, -0.1) is 0 Å². The summed E-state index contributed by atoms with van der Waals surface area (Å²) in [7, 11) is 2.19. The first-order valence-corrected chi connectivity index (χ1v) is 12.3. The van der Waals surface area contributed by atoms with Crippen molar-refractivity contribution in [1.29, 1.82) is 0 Å². The molecule has 0 radical (unpaired) electrons. The van der Waals surface area contributed by atoms with Gasteiger partial charge in [0.1, 0.15) is 5.69 Å². The lowest BCUT2D eigenvalue weighted by atomic mass is 9.87. The first kappa shape index (κ1) is 33.2. The number of carboxylic acid groups (broad SMARTS) is 2. The second-order valence-corrected chi connectivity index (χ2v) is 9.75. The van der Waals surface area contributed by atoms with Gasteiger partial charge in [-0.25, -0.2) is 14.6 Å². The van der Waals surface area contributed by atoms with Crippen molar-refractivity contribution in [1.82, 2.24) is 19.7 Å². The van der Waals surface area contributed by atoms with E-state index in [1.165, 1.54) is 0 Å². The molecule has 4 rings (SSSR count). The van der Waals surface area contributed by atoms with Crippen LogP contribution in [0.25, 0.3) is 0 Å². The number of nitrogens with zero attached hydrogens (tertiary/aromatic N) is 4. The van der Waals surface area contributed by atoms with E-state index in [4.69, 9.17) is 24.5 Å². The van der Waals surface area contributed by atoms with Gasteiger partial charge in [0.15, 0.2) is 0 Å². The van der Waals surface area contributed by atoms with E-state index in [9.17, 15) is 31.1 Å². The Bertz CT molecular complexity index is 998. The van der Waals surface area contributed by atoms with Crippen LogP contribution in [0.2, 0.25) is 0 Å². The van der Waals surface area contributed by atoms with E-state index < -0.39 is 24.3 Å². The highest BCUT2D eigenvalue weighted by atomic mass is 19.4. The monoisotopic (exact) mass is 586 g/mol. The summed E-state index contributed by atoms with van der Waals surface area (Å²) in [5.74, 6) is -5.46. The Morgan fingerprint density at radius 1 is 0.925 bits per heavy atom. The summed E-state index contributed by atoms with van der Waals surface area (Å²) in [6, 6.07) is 6.19. The fraction of sp³-hybridized carbons (Fsp3) is 0.667. The number of hydrogen-bond acceptors (Lipinski definition) is 7. The normalized spacial score (nSPS) is 21.6. The van der Waals surface area contributed by atoms with Crippen molar-refractivity contribution in [2.45, 2.75) is 50.2 Å². The van der Waals surface area contributed by atoms with E-state index in [1.807, 2.05) is 30.0 Å². The van der Waals surface area contributed by atoms with Crippen molar-refractivity contribution in [2.75, 3.05) is 52.9 Å². The lowest BCUT2D eigenvalue weighted by molar-refractivity contribution is -0.193. The molecule has 40 heavy (non-hydrogen) atoms. The first-order valence-electron chi connectivity index (χ1n) is 12.3. The minimum Gasteiger partial charge on any atom is -0.475 e. The zero-order valence-corrected chi connectivity index (χ0v) is 22.0. The molecule has 1 atom stereocenters. The Kier molecular flexibility index (Phi) is 11.3. The molecule has 1 unspecified atom stereocenters. The number of aliphatic carboxylic acids is 2. The second kappa shape index (κ2) is 13.6. The molecule has 1 aromatic rings. The van der Waals surface area contributed by atoms with Gasteiger partial charge in [-0.2, -0.15) is 26.3 Å². The van der Waals surface area contributed by atoms with Crippen molar-refractivity contribution < 1.29 is 55.7 Å². The molecule has 3 fully saturated rings. The lowest BCUT2D eigenvalue weighted by Crippen LogP contribution is -2.50. The Morgan fingerprint density at radius 2 is 1.43 bits per heavy atom. The van der Waals surface area contributed by atoms with Crippen LogP contribution < -0.4 is 0 Å². The largest absolute Gasteiger partial charge is 0.490 e. The molecule has 1 spiro atoms. The third-order valence-corrected chi connectivity index (χ3v) is 6.80. The van der Waals surface area contributed by atoms with Crippen molar-refractivity contribution >= 4 is 17.8 Å². The number of alkyl halides is 6. The van der Waals surface area contributed by atoms with E-state index in [1.54, 1.807) is 0 Å². The molecule has 16 heteroatoms. The quantitative estimate of drug-likeness (QED) is 0.504. The van der Waals surface area contributed by atoms with E-state index in [0.717, 1.165) is 70.8 Å². The number of rotatable bonds is 2. The number of pyridine rings is 1. The van der Waals surface area contributed by atoms with E-state index in [0.29, 0.717) is 11.7 Å². The second-order valence-electron chi connectivity index (χ2n) is 9.75. The Hall–Kier alpha value is -2.98. The molecule has 2 N–H and O–H groups in total. The topological polar surface area (TPSA) is 124 Å². The van der Waals surface area contributed by atoms with Gasteiger partial charge in [-0.1, -0.05) is 6.07 Å². The summed E-state index contributed by atoms with van der Waals surface area (Å²) >= 11 is 0. The van der Waals surface area contributed by atoms with Gasteiger partial charge in [-0.05, 0) is 45.4 Å². The lowest BCUT2D eigenvalue weighted by Gasteiger charge is -2.39. The smallest absolute Gasteiger partial charge is 0.475 e. The number of piperidine rings is 1. The zero-order valence-electron chi connectivity index (χ0n) is 22.0. The molecular weight excluding hydrogens is 554 g/mol. The van der Waals surface area contributed by atoms with Crippen LogP contribution in [0.1, 0.15) is 35.4 Å². The number of ether oxygens (including phenoxy) is 1. The SMILES string of the molecule is Cc1cccc(C(=O)N2CCC3(CC2)CC(N2CCN(C)CC2)CO3)n1.O=C(O)C(F)(F)F.O=C(O)C(F)(F)F. The van der Waals surface area contributed by atoms with Gasteiger partial charge < -0.3 is 24.7 Å².